The molecule has 0 radical (unpaired) electrons. The third kappa shape index (κ3) is 3.34. The van der Waals surface area contributed by atoms with Gasteiger partial charge in [0, 0.05) is 10.0 Å². The zero-order valence-electron chi connectivity index (χ0n) is 10.1. The van der Waals surface area contributed by atoms with Crippen molar-refractivity contribution in [3.63, 3.8) is 0 Å². The molecule has 0 spiro atoms. The molecule has 2 rings (SSSR count). The summed E-state index contributed by atoms with van der Waals surface area (Å²) in [5.41, 5.74) is 1.19. The number of rotatable bonds is 3. The lowest BCUT2D eigenvalue weighted by atomic mass is 10.1. The van der Waals surface area contributed by atoms with Crippen LogP contribution in [0.4, 0.5) is 5.82 Å². The van der Waals surface area contributed by atoms with Crippen molar-refractivity contribution < 1.29 is 0 Å². The van der Waals surface area contributed by atoms with Crippen LogP contribution in [0.3, 0.4) is 0 Å². The van der Waals surface area contributed by atoms with Gasteiger partial charge in [-0.25, -0.2) is 0 Å². The normalized spacial score (nSPS) is 11.7. The second-order valence-electron chi connectivity index (χ2n) is 3.95. The van der Waals surface area contributed by atoms with Gasteiger partial charge in [0.05, 0.1) is 6.04 Å². The highest BCUT2D eigenvalue weighted by molar-refractivity contribution is 6.35. The van der Waals surface area contributed by atoms with Gasteiger partial charge in [0.25, 0.3) is 0 Å². The number of anilines is 1. The fraction of sp³-hybridized carbons (Fsp3) is 0.154. The van der Waals surface area contributed by atoms with E-state index in [-0.39, 0.29) is 11.7 Å². The zero-order chi connectivity index (χ0) is 13.8. The van der Waals surface area contributed by atoms with E-state index in [1.165, 1.54) is 0 Å². The van der Waals surface area contributed by atoms with Gasteiger partial charge in [0.1, 0.15) is 11.9 Å². The minimum atomic E-state index is -0.0491. The Morgan fingerprint density at radius 2 is 2.00 bits per heavy atom. The van der Waals surface area contributed by atoms with Crippen molar-refractivity contribution in [3.8, 4) is 6.07 Å². The van der Waals surface area contributed by atoms with Crippen molar-refractivity contribution in [2.24, 2.45) is 0 Å². The summed E-state index contributed by atoms with van der Waals surface area (Å²) in [4.78, 5) is 0. The molecular weight excluding hydrogens is 283 g/mol. The summed E-state index contributed by atoms with van der Waals surface area (Å²) in [5.74, 6) is 0.581. The van der Waals surface area contributed by atoms with Crippen molar-refractivity contribution in [2.75, 3.05) is 5.32 Å². The van der Waals surface area contributed by atoms with Crippen LogP contribution < -0.4 is 5.32 Å². The number of hydrogen-bond acceptors (Lipinski definition) is 4. The lowest BCUT2D eigenvalue weighted by molar-refractivity contribution is 0.859. The summed E-state index contributed by atoms with van der Waals surface area (Å²) < 4.78 is 0. The molecule has 1 aromatic carbocycles. The van der Waals surface area contributed by atoms with Crippen LogP contribution >= 0.6 is 23.2 Å². The molecule has 19 heavy (non-hydrogen) atoms. The van der Waals surface area contributed by atoms with Gasteiger partial charge >= 0.3 is 0 Å². The molecule has 0 aliphatic heterocycles. The molecule has 4 nitrogen and oxygen atoms in total. The van der Waals surface area contributed by atoms with Crippen LogP contribution in [-0.4, -0.2) is 10.2 Å². The van der Waals surface area contributed by atoms with Gasteiger partial charge in [-0.3, -0.25) is 0 Å². The van der Waals surface area contributed by atoms with Crippen molar-refractivity contribution in [2.45, 2.75) is 13.0 Å². The SMILES string of the molecule is C[C@H](Nc1ccc(C#N)nn1)c1ccc(Cl)cc1Cl. The second-order valence-corrected chi connectivity index (χ2v) is 4.79. The Balaban J connectivity index is 2.16. The maximum Gasteiger partial charge on any atom is 0.163 e. The molecule has 0 saturated carbocycles. The smallest absolute Gasteiger partial charge is 0.163 e. The number of aromatic nitrogens is 2. The van der Waals surface area contributed by atoms with Gasteiger partial charge in [-0.15, -0.1) is 10.2 Å². The van der Waals surface area contributed by atoms with Crippen LogP contribution in [0, 0.1) is 11.3 Å². The summed E-state index contributed by atoms with van der Waals surface area (Å²) in [6.07, 6.45) is 0. The van der Waals surface area contributed by atoms with Gasteiger partial charge in [0.2, 0.25) is 0 Å². The quantitative estimate of drug-likeness (QED) is 0.934. The molecule has 0 amide bonds. The highest BCUT2D eigenvalue weighted by Gasteiger charge is 2.10. The number of nitrogens with zero attached hydrogens (tertiary/aromatic N) is 3. The Kier molecular flexibility index (Phi) is 4.20. The molecule has 2 aromatic rings. The highest BCUT2D eigenvalue weighted by atomic mass is 35.5. The molecule has 0 unspecified atom stereocenters. The molecule has 0 saturated heterocycles. The molecule has 0 bridgehead atoms. The largest absolute Gasteiger partial charge is 0.362 e. The molecule has 0 aliphatic carbocycles. The first kappa shape index (κ1) is 13.6. The summed E-state index contributed by atoms with van der Waals surface area (Å²) >= 11 is 12.0. The van der Waals surface area contributed by atoms with E-state index in [2.05, 4.69) is 15.5 Å². The van der Waals surface area contributed by atoms with Crippen LogP contribution in [0.1, 0.15) is 24.2 Å². The Morgan fingerprint density at radius 3 is 2.58 bits per heavy atom. The predicted molar refractivity (Wildman–Crippen MR) is 75.2 cm³/mol. The van der Waals surface area contributed by atoms with Crippen molar-refractivity contribution in [3.05, 3.63) is 51.6 Å². The Morgan fingerprint density at radius 1 is 1.21 bits per heavy atom. The number of nitriles is 1. The maximum atomic E-state index is 8.65. The van der Waals surface area contributed by atoms with Crippen LogP contribution in [0.25, 0.3) is 0 Å². The number of hydrogen-bond donors (Lipinski definition) is 1. The van der Waals surface area contributed by atoms with E-state index in [9.17, 15) is 0 Å². The first-order valence-corrected chi connectivity index (χ1v) is 6.31. The molecule has 6 heteroatoms. The third-order valence-corrected chi connectivity index (χ3v) is 3.13. The maximum absolute atomic E-state index is 8.65. The molecule has 1 N–H and O–H groups in total. The average Bonchev–Trinajstić information content (AvgIpc) is 2.39. The Bertz CT molecular complexity index is 620. The van der Waals surface area contributed by atoms with E-state index in [1.54, 1.807) is 24.3 Å². The van der Waals surface area contributed by atoms with Crippen LogP contribution in [-0.2, 0) is 0 Å². The fourth-order valence-electron chi connectivity index (χ4n) is 1.62. The third-order valence-electron chi connectivity index (χ3n) is 2.57. The van der Waals surface area contributed by atoms with Gasteiger partial charge in [0.15, 0.2) is 5.69 Å². The molecule has 1 aromatic heterocycles. The van der Waals surface area contributed by atoms with Crippen LogP contribution in [0.2, 0.25) is 10.0 Å². The van der Waals surface area contributed by atoms with E-state index >= 15 is 0 Å². The fourth-order valence-corrected chi connectivity index (χ4v) is 2.19. The standard InChI is InChI=1S/C13H10Cl2N4/c1-8(11-4-2-9(14)6-12(11)15)17-13-5-3-10(7-16)18-19-13/h2-6,8H,1H3,(H,17,19)/t8-/m0/s1. The minimum absolute atomic E-state index is 0.0491. The number of benzene rings is 1. The summed E-state index contributed by atoms with van der Waals surface area (Å²) in [7, 11) is 0. The molecular formula is C13H10Cl2N4. The van der Waals surface area contributed by atoms with E-state index in [0.717, 1.165) is 5.56 Å². The van der Waals surface area contributed by atoms with Gasteiger partial charge in [-0.1, -0.05) is 29.3 Å². The van der Waals surface area contributed by atoms with E-state index in [4.69, 9.17) is 28.5 Å². The van der Waals surface area contributed by atoms with Crippen LogP contribution in [0.5, 0.6) is 0 Å². The Hall–Kier alpha value is -1.83. The van der Waals surface area contributed by atoms with E-state index in [1.807, 2.05) is 19.1 Å². The molecule has 0 aliphatic rings. The second kappa shape index (κ2) is 5.87. The van der Waals surface area contributed by atoms with Gasteiger partial charge in [-0.2, -0.15) is 5.26 Å². The summed E-state index contributed by atoms with van der Waals surface area (Å²) in [5, 5.41) is 20.7. The summed E-state index contributed by atoms with van der Waals surface area (Å²) in [6, 6.07) is 10.5. The van der Waals surface area contributed by atoms with Crippen molar-refractivity contribution in [1.29, 1.82) is 5.26 Å². The molecule has 1 atom stereocenters. The topological polar surface area (TPSA) is 61.6 Å². The summed E-state index contributed by atoms with van der Waals surface area (Å²) in [6.45, 7) is 1.95. The van der Waals surface area contributed by atoms with Gasteiger partial charge < -0.3 is 5.32 Å². The number of halogens is 2. The van der Waals surface area contributed by atoms with E-state index < -0.39 is 0 Å². The first-order chi connectivity index (χ1) is 9.10. The van der Waals surface area contributed by atoms with Crippen LogP contribution in [0.15, 0.2) is 30.3 Å². The predicted octanol–water partition coefficient (Wildman–Crippen LogP) is 3.83. The molecule has 96 valence electrons. The lowest BCUT2D eigenvalue weighted by Gasteiger charge is -2.16. The average molecular weight is 293 g/mol. The van der Waals surface area contributed by atoms with Crippen molar-refractivity contribution >= 4 is 29.0 Å². The minimum Gasteiger partial charge on any atom is -0.362 e. The molecule has 1 heterocycles. The first-order valence-electron chi connectivity index (χ1n) is 5.55. The lowest BCUT2D eigenvalue weighted by Crippen LogP contribution is -2.09. The van der Waals surface area contributed by atoms with Gasteiger partial charge in [-0.05, 0) is 36.8 Å². The highest BCUT2D eigenvalue weighted by Crippen LogP contribution is 2.27. The number of nitrogens with one attached hydrogen (secondary N) is 1. The molecule has 0 fully saturated rings. The zero-order valence-corrected chi connectivity index (χ0v) is 11.6. The van der Waals surface area contributed by atoms with Crippen molar-refractivity contribution in [1.82, 2.24) is 10.2 Å². The van der Waals surface area contributed by atoms with E-state index in [0.29, 0.717) is 15.9 Å². The Labute approximate surface area is 121 Å². The monoisotopic (exact) mass is 292 g/mol.